The van der Waals surface area contributed by atoms with Crippen LogP contribution in [-0.2, 0) is 0 Å². The molecule has 4 rings (SSSR count). The summed E-state index contributed by atoms with van der Waals surface area (Å²) in [5.41, 5.74) is 9.23. The van der Waals surface area contributed by atoms with Crippen LogP contribution in [0.15, 0.2) is 56.6 Å². The predicted octanol–water partition coefficient (Wildman–Crippen LogP) is 1.56. The third-order valence-electron chi connectivity index (χ3n) is 3.75. The predicted molar refractivity (Wildman–Crippen MR) is 97.6 cm³/mol. The van der Waals surface area contributed by atoms with Crippen molar-refractivity contribution in [2.24, 2.45) is 5.10 Å². The summed E-state index contributed by atoms with van der Waals surface area (Å²) in [6, 6.07) is 12.6. The zero-order valence-electron chi connectivity index (χ0n) is 14.6. The van der Waals surface area contributed by atoms with Crippen LogP contribution < -0.4 is 11.2 Å². The van der Waals surface area contributed by atoms with Gasteiger partial charge in [0.25, 0.3) is 5.91 Å². The van der Waals surface area contributed by atoms with E-state index in [-0.39, 0.29) is 17.3 Å². The Morgan fingerprint density at radius 2 is 2.04 bits per heavy atom. The summed E-state index contributed by atoms with van der Waals surface area (Å²) in [5.74, 6) is 0.812. The molecule has 1 aromatic carbocycles. The zero-order chi connectivity index (χ0) is 19.5. The molecule has 3 N–H and O–H groups in total. The van der Waals surface area contributed by atoms with Crippen molar-refractivity contribution in [1.29, 1.82) is 0 Å². The number of nitrogens with two attached hydrogens (primary N) is 1. The first kappa shape index (κ1) is 17.1. The van der Waals surface area contributed by atoms with Crippen molar-refractivity contribution in [2.45, 2.75) is 6.92 Å². The molecule has 140 valence electrons. The molecule has 0 saturated carbocycles. The molecule has 0 spiro atoms. The molecule has 3 heterocycles. The van der Waals surface area contributed by atoms with Crippen molar-refractivity contribution in [2.75, 3.05) is 5.73 Å². The van der Waals surface area contributed by atoms with Gasteiger partial charge in [-0.2, -0.15) is 9.78 Å². The first-order valence-electron chi connectivity index (χ1n) is 8.13. The number of hydrogen-bond acceptors (Lipinski definition) is 9. The molecule has 0 atom stereocenters. The SMILES string of the molecule is Cc1ccc(C=NNC(=O)c2nnn(-c3nonc3N)c2-c2ccccc2)o1. The van der Waals surface area contributed by atoms with E-state index in [0.29, 0.717) is 17.0 Å². The molecule has 0 radical (unpaired) electrons. The van der Waals surface area contributed by atoms with Crippen molar-refractivity contribution in [1.82, 2.24) is 30.7 Å². The summed E-state index contributed by atoms with van der Waals surface area (Å²) in [6.45, 7) is 1.81. The third kappa shape index (κ3) is 3.23. The average molecular weight is 378 g/mol. The maximum absolute atomic E-state index is 12.6. The van der Waals surface area contributed by atoms with Crippen LogP contribution in [-0.4, -0.2) is 37.4 Å². The minimum atomic E-state index is -0.570. The van der Waals surface area contributed by atoms with Crippen LogP contribution in [0.3, 0.4) is 0 Å². The standard InChI is InChI=1S/C17H14N8O3/c1-10-7-8-12(27-10)9-19-21-17(26)13-14(11-5-3-2-4-6-11)25(24-20-13)16-15(18)22-28-23-16/h2-9H,1H3,(H2,18,22)(H,21,26). The number of carbonyl (C=O) groups is 1. The number of aryl methyl sites for hydroxylation is 1. The quantitative estimate of drug-likeness (QED) is 0.392. The van der Waals surface area contributed by atoms with Gasteiger partial charge in [0.15, 0.2) is 5.69 Å². The van der Waals surface area contributed by atoms with E-state index in [1.165, 1.54) is 10.9 Å². The summed E-state index contributed by atoms with van der Waals surface area (Å²) in [4.78, 5) is 12.6. The van der Waals surface area contributed by atoms with Crippen LogP contribution in [0.1, 0.15) is 22.0 Å². The van der Waals surface area contributed by atoms with Crippen LogP contribution in [0.4, 0.5) is 5.82 Å². The van der Waals surface area contributed by atoms with E-state index in [1.54, 1.807) is 24.3 Å². The highest BCUT2D eigenvalue weighted by molar-refractivity contribution is 5.98. The monoisotopic (exact) mass is 378 g/mol. The second-order valence-corrected chi connectivity index (χ2v) is 5.69. The fourth-order valence-electron chi connectivity index (χ4n) is 2.51. The van der Waals surface area contributed by atoms with E-state index < -0.39 is 5.91 Å². The number of nitrogen functional groups attached to an aromatic ring is 1. The highest BCUT2D eigenvalue weighted by Gasteiger charge is 2.24. The summed E-state index contributed by atoms with van der Waals surface area (Å²) in [6.07, 6.45) is 1.39. The van der Waals surface area contributed by atoms with E-state index in [2.05, 4.69) is 35.8 Å². The smallest absolute Gasteiger partial charge is 0.294 e. The Labute approximate surface area is 157 Å². The number of hydrogen-bond donors (Lipinski definition) is 2. The lowest BCUT2D eigenvalue weighted by Gasteiger charge is -2.05. The lowest BCUT2D eigenvalue weighted by molar-refractivity contribution is 0.0950. The number of benzene rings is 1. The van der Waals surface area contributed by atoms with E-state index in [0.717, 1.165) is 5.76 Å². The number of rotatable bonds is 5. The molecular formula is C17H14N8O3. The van der Waals surface area contributed by atoms with Crippen molar-refractivity contribution >= 4 is 17.9 Å². The Bertz CT molecular complexity index is 1140. The minimum absolute atomic E-state index is 0.0141. The number of carbonyl (C=O) groups excluding carboxylic acids is 1. The number of hydrazone groups is 1. The molecule has 11 nitrogen and oxygen atoms in total. The van der Waals surface area contributed by atoms with Gasteiger partial charge in [-0.05, 0) is 29.4 Å². The first-order chi connectivity index (χ1) is 13.6. The maximum atomic E-state index is 12.6. The lowest BCUT2D eigenvalue weighted by Crippen LogP contribution is -2.19. The van der Waals surface area contributed by atoms with Crippen molar-refractivity contribution in [3.63, 3.8) is 0 Å². The minimum Gasteiger partial charge on any atom is -0.460 e. The summed E-state index contributed by atoms with van der Waals surface area (Å²) in [5, 5.41) is 19.1. The molecule has 0 unspecified atom stereocenters. The number of anilines is 1. The van der Waals surface area contributed by atoms with Gasteiger partial charge in [-0.3, -0.25) is 4.79 Å². The number of aromatic nitrogens is 5. The lowest BCUT2D eigenvalue weighted by atomic mass is 10.1. The molecule has 1 amide bonds. The first-order valence-corrected chi connectivity index (χ1v) is 8.13. The summed E-state index contributed by atoms with van der Waals surface area (Å²) >= 11 is 0. The topological polar surface area (TPSA) is 150 Å². The van der Waals surface area contributed by atoms with Crippen LogP contribution in [0.5, 0.6) is 0 Å². The molecule has 0 aliphatic heterocycles. The zero-order valence-corrected chi connectivity index (χ0v) is 14.6. The second kappa shape index (κ2) is 7.15. The number of amides is 1. The number of nitrogens with one attached hydrogen (secondary N) is 1. The molecule has 11 heteroatoms. The third-order valence-corrected chi connectivity index (χ3v) is 3.75. The summed E-state index contributed by atoms with van der Waals surface area (Å²) in [7, 11) is 0. The van der Waals surface area contributed by atoms with Crippen LogP contribution >= 0.6 is 0 Å². The Kier molecular flexibility index (Phi) is 4.38. The van der Waals surface area contributed by atoms with E-state index in [4.69, 9.17) is 10.2 Å². The van der Waals surface area contributed by atoms with Crippen LogP contribution in [0.25, 0.3) is 17.1 Å². The maximum Gasteiger partial charge on any atom is 0.294 e. The van der Waals surface area contributed by atoms with Gasteiger partial charge >= 0.3 is 0 Å². The normalized spacial score (nSPS) is 11.2. The van der Waals surface area contributed by atoms with Crippen molar-refractivity contribution < 1.29 is 13.8 Å². The van der Waals surface area contributed by atoms with Gasteiger partial charge in [-0.1, -0.05) is 35.5 Å². The highest BCUT2D eigenvalue weighted by atomic mass is 16.6. The fourth-order valence-corrected chi connectivity index (χ4v) is 2.51. The molecule has 28 heavy (non-hydrogen) atoms. The van der Waals surface area contributed by atoms with Crippen molar-refractivity contribution in [3.8, 4) is 17.1 Å². The average Bonchev–Trinajstić information content (AvgIpc) is 3.42. The largest absolute Gasteiger partial charge is 0.460 e. The van der Waals surface area contributed by atoms with Gasteiger partial charge in [0.05, 0.1) is 6.21 Å². The fraction of sp³-hybridized carbons (Fsp3) is 0.0588. The molecule has 0 aliphatic carbocycles. The molecule has 3 aromatic heterocycles. The molecule has 4 aromatic rings. The highest BCUT2D eigenvalue weighted by Crippen LogP contribution is 2.26. The summed E-state index contributed by atoms with van der Waals surface area (Å²) < 4.78 is 11.3. The van der Waals surface area contributed by atoms with Gasteiger partial charge in [0.1, 0.15) is 17.2 Å². The van der Waals surface area contributed by atoms with E-state index in [9.17, 15) is 4.79 Å². The molecular weight excluding hydrogens is 364 g/mol. The molecule has 0 aliphatic rings. The Hall–Kier alpha value is -4.28. The molecule has 0 fully saturated rings. The van der Waals surface area contributed by atoms with Gasteiger partial charge in [-0.25, -0.2) is 10.1 Å². The Morgan fingerprint density at radius 1 is 1.21 bits per heavy atom. The van der Waals surface area contributed by atoms with Crippen LogP contribution in [0, 0.1) is 6.92 Å². The number of nitrogens with zero attached hydrogens (tertiary/aromatic N) is 6. The Balaban J connectivity index is 1.69. The van der Waals surface area contributed by atoms with Gasteiger partial charge in [0.2, 0.25) is 11.6 Å². The van der Waals surface area contributed by atoms with Crippen molar-refractivity contribution in [3.05, 3.63) is 59.7 Å². The molecule has 0 bridgehead atoms. The second-order valence-electron chi connectivity index (χ2n) is 5.69. The Morgan fingerprint density at radius 3 is 2.71 bits per heavy atom. The number of furan rings is 1. The van der Waals surface area contributed by atoms with Gasteiger partial charge < -0.3 is 10.2 Å². The van der Waals surface area contributed by atoms with Gasteiger partial charge in [0, 0.05) is 5.56 Å². The van der Waals surface area contributed by atoms with E-state index >= 15 is 0 Å². The molecule has 0 saturated heterocycles. The van der Waals surface area contributed by atoms with E-state index in [1.807, 2.05) is 25.1 Å². The van der Waals surface area contributed by atoms with Gasteiger partial charge in [-0.15, -0.1) is 5.10 Å². The van der Waals surface area contributed by atoms with Crippen LogP contribution in [0.2, 0.25) is 0 Å².